The van der Waals surface area contributed by atoms with Crippen molar-refractivity contribution in [1.82, 2.24) is 20.9 Å². The van der Waals surface area contributed by atoms with E-state index in [2.05, 4.69) is 20.9 Å². The summed E-state index contributed by atoms with van der Waals surface area (Å²) in [6, 6.07) is 2.67. The number of carboxylic acid groups (broad SMARTS) is 1. The SMILES string of the molecule is CC(NC(=O)C(N)CCCCN)C(=O)NC(Cc1c[nH]c2ccccc12)C(=O)NC(CC(N)=O)C(=O)O. The van der Waals surface area contributed by atoms with E-state index < -0.39 is 60.2 Å². The molecule has 0 aliphatic carbocycles. The molecule has 2 aromatic rings. The zero-order valence-electron chi connectivity index (χ0n) is 20.7. The van der Waals surface area contributed by atoms with Crippen LogP contribution in [0, 0.1) is 0 Å². The summed E-state index contributed by atoms with van der Waals surface area (Å²) >= 11 is 0. The van der Waals surface area contributed by atoms with Crippen LogP contribution in [0.25, 0.3) is 10.9 Å². The van der Waals surface area contributed by atoms with Crippen LogP contribution >= 0.6 is 0 Å². The Morgan fingerprint density at radius 2 is 1.65 bits per heavy atom. The van der Waals surface area contributed by atoms with Gasteiger partial charge in [-0.3, -0.25) is 19.2 Å². The van der Waals surface area contributed by atoms with Crippen LogP contribution in [0.5, 0.6) is 0 Å². The predicted octanol–water partition coefficient (Wildman–Crippen LogP) is -1.40. The van der Waals surface area contributed by atoms with Crippen molar-refractivity contribution in [3.63, 3.8) is 0 Å². The summed E-state index contributed by atoms with van der Waals surface area (Å²) in [5, 5.41) is 17.5. The van der Waals surface area contributed by atoms with Crippen molar-refractivity contribution >= 4 is 40.5 Å². The molecule has 13 heteroatoms. The van der Waals surface area contributed by atoms with Crippen molar-refractivity contribution in [2.75, 3.05) is 6.54 Å². The maximum atomic E-state index is 13.1. The highest BCUT2D eigenvalue weighted by Crippen LogP contribution is 2.19. The van der Waals surface area contributed by atoms with Crippen molar-refractivity contribution in [3.8, 4) is 0 Å². The van der Waals surface area contributed by atoms with Crippen LogP contribution in [0.2, 0.25) is 0 Å². The number of aromatic amines is 1. The van der Waals surface area contributed by atoms with Gasteiger partial charge >= 0.3 is 5.97 Å². The number of H-pyrrole nitrogens is 1. The van der Waals surface area contributed by atoms with Gasteiger partial charge in [-0.2, -0.15) is 0 Å². The molecule has 0 fully saturated rings. The number of benzene rings is 1. The largest absolute Gasteiger partial charge is 0.480 e. The van der Waals surface area contributed by atoms with E-state index in [0.29, 0.717) is 24.9 Å². The minimum atomic E-state index is -1.57. The summed E-state index contributed by atoms with van der Waals surface area (Å²) in [5.41, 5.74) is 17.9. The average molecular weight is 518 g/mol. The standard InChI is InChI=1S/C24H35N7O6/c1-13(29-22(34)16(26)7-4-5-9-25)21(33)30-18(23(35)31-19(24(36)37)11-20(27)32)10-14-12-28-17-8-3-2-6-15(14)17/h2-3,6,8,12-13,16,18-19,28H,4-5,7,9-11,25-26H2,1H3,(H2,27,32)(H,29,34)(H,30,33)(H,31,35)(H,36,37). The number of rotatable bonds is 15. The lowest BCUT2D eigenvalue weighted by Crippen LogP contribution is -2.57. The smallest absolute Gasteiger partial charge is 0.326 e. The summed E-state index contributed by atoms with van der Waals surface area (Å²) < 4.78 is 0. The van der Waals surface area contributed by atoms with E-state index in [4.69, 9.17) is 17.2 Å². The minimum absolute atomic E-state index is 0.00374. The van der Waals surface area contributed by atoms with Gasteiger partial charge in [-0.25, -0.2) is 4.79 Å². The molecule has 0 radical (unpaired) electrons. The van der Waals surface area contributed by atoms with E-state index in [1.54, 1.807) is 6.20 Å². The Labute approximate surface area is 213 Å². The molecule has 0 aliphatic heterocycles. The van der Waals surface area contributed by atoms with Gasteiger partial charge in [0, 0.05) is 23.5 Å². The molecule has 1 aromatic carbocycles. The number of unbranched alkanes of at least 4 members (excludes halogenated alkanes) is 1. The first-order chi connectivity index (χ1) is 17.5. The lowest BCUT2D eigenvalue weighted by atomic mass is 10.0. The second-order valence-electron chi connectivity index (χ2n) is 8.82. The van der Waals surface area contributed by atoms with Gasteiger partial charge in [-0.15, -0.1) is 0 Å². The molecule has 11 N–H and O–H groups in total. The van der Waals surface area contributed by atoms with E-state index in [-0.39, 0.29) is 6.42 Å². The topological polar surface area (TPSA) is 236 Å². The van der Waals surface area contributed by atoms with Gasteiger partial charge in [0.2, 0.25) is 23.6 Å². The molecule has 0 saturated carbocycles. The van der Waals surface area contributed by atoms with Gasteiger partial charge in [-0.1, -0.05) is 24.6 Å². The van der Waals surface area contributed by atoms with E-state index in [9.17, 15) is 29.1 Å². The molecule has 0 spiro atoms. The maximum Gasteiger partial charge on any atom is 0.326 e. The monoisotopic (exact) mass is 517 g/mol. The first-order valence-corrected chi connectivity index (χ1v) is 12.0. The Morgan fingerprint density at radius 3 is 2.30 bits per heavy atom. The zero-order chi connectivity index (χ0) is 27.5. The Morgan fingerprint density at radius 1 is 0.973 bits per heavy atom. The number of aliphatic carboxylic acids is 1. The lowest BCUT2D eigenvalue weighted by Gasteiger charge is -2.23. The molecular weight excluding hydrogens is 482 g/mol. The van der Waals surface area contributed by atoms with Crippen molar-refractivity contribution in [2.45, 2.75) is 63.2 Å². The average Bonchev–Trinajstić information content (AvgIpc) is 3.25. The third kappa shape index (κ3) is 8.88. The van der Waals surface area contributed by atoms with Crippen LogP contribution in [0.1, 0.15) is 38.2 Å². The third-order valence-corrected chi connectivity index (χ3v) is 5.81. The molecule has 4 atom stereocenters. The number of nitrogens with one attached hydrogen (secondary N) is 4. The van der Waals surface area contributed by atoms with E-state index in [1.165, 1.54) is 6.92 Å². The number of carbonyl (C=O) groups excluding carboxylic acids is 4. The van der Waals surface area contributed by atoms with Crippen molar-refractivity contribution in [2.24, 2.45) is 17.2 Å². The van der Waals surface area contributed by atoms with Gasteiger partial charge in [0.15, 0.2) is 0 Å². The molecule has 2 rings (SSSR count). The number of carboxylic acids is 1. The maximum absolute atomic E-state index is 13.1. The summed E-state index contributed by atoms with van der Waals surface area (Å²) in [7, 11) is 0. The quantitative estimate of drug-likeness (QED) is 0.130. The second kappa shape index (κ2) is 13.9. The Hall–Kier alpha value is -3.97. The fourth-order valence-electron chi connectivity index (χ4n) is 3.73. The van der Waals surface area contributed by atoms with Crippen LogP contribution in [0.15, 0.2) is 30.5 Å². The number of primary amides is 1. The number of nitrogens with two attached hydrogens (primary N) is 3. The first kappa shape index (κ1) is 29.3. The van der Waals surface area contributed by atoms with Crippen LogP contribution in [-0.4, -0.2) is 70.4 Å². The third-order valence-electron chi connectivity index (χ3n) is 5.81. The van der Waals surface area contributed by atoms with Gasteiger partial charge < -0.3 is 43.2 Å². The second-order valence-corrected chi connectivity index (χ2v) is 8.82. The minimum Gasteiger partial charge on any atom is -0.480 e. The van der Waals surface area contributed by atoms with Gasteiger partial charge in [0.05, 0.1) is 12.5 Å². The molecule has 1 aromatic heterocycles. The normalized spacial score (nSPS) is 14.2. The number of aromatic nitrogens is 1. The zero-order valence-corrected chi connectivity index (χ0v) is 20.7. The number of hydrogen-bond acceptors (Lipinski definition) is 7. The molecule has 13 nitrogen and oxygen atoms in total. The Bertz CT molecular complexity index is 1120. The molecule has 0 saturated heterocycles. The molecule has 0 aliphatic rings. The molecule has 0 bridgehead atoms. The Kier molecular flexibility index (Phi) is 11.0. The first-order valence-electron chi connectivity index (χ1n) is 12.0. The summed E-state index contributed by atoms with van der Waals surface area (Å²) in [6.45, 7) is 1.92. The number of amides is 4. The molecule has 37 heavy (non-hydrogen) atoms. The van der Waals surface area contributed by atoms with Crippen LogP contribution in [0.4, 0.5) is 0 Å². The predicted molar refractivity (Wildman–Crippen MR) is 136 cm³/mol. The van der Waals surface area contributed by atoms with Gasteiger partial charge in [-0.05, 0) is 37.9 Å². The van der Waals surface area contributed by atoms with E-state index in [1.807, 2.05) is 24.3 Å². The molecule has 202 valence electrons. The Balaban J connectivity index is 2.17. The van der Waals surface area contributed by atoms with Crippen molar-refractivity contribution in [1.29, 1.82) is 0 Å². The number of fused-ring (bicyclic) bond motifs is 1. The number of hydrogen-bond donors (Lipinski definition) is 8. The highest BCUT2D eigenvalue weighted by Gasteiger charge is 2.30. The fourth-order valence-corrected chi connectivity index (χ4v) is 3.73. The summed E-state index contributed by atoms with van der Waals surface area (Å²) in [4.78, 5) is 64.2. The van der Waals surface area contributed by atoms with Gasteiger partial charge in [0.1, 0.15) is 18.1 Å². The van der Waals surface area contributed by atoms with E-state index in [0.717, 1.165) is 17.3 Å². The van der Waals surface area contributed by atoms with E-state index >= 15 is 0 Å². The number of carbonyl (C=O) groups is 5. The highest BCUT2D eigenvalue weighted by molar-refractivity contribution is 5.95. The van der Waals surface area contributed by atoms with Crippen LogP contribution < -0.4 is 33.2 Å². The van der Waals surface area contributed by atoms with Crippen LogP contribution in [-0.2, 0) is 30.4 Å². The molecule has 4 amide bonds. The van der Waals surface area contributed by atoms with Crippen molar-refractivity contribution in [3.05, 3.63) is 36.0 Å². The number of para-hydroxylation sites is 1. The molecule has 1 heterocycles. The molecule has 4 unspecified atom stereocenters. The fraction of sp³-hybridized carbons (Fsp3) is 0.458. The van der Waals surface area contributed by atoms with Crippen LogP contribution in [0.3, 0.4) is 0 Å². The van der Waals surface area contributed by atoms with Crippen molar-refractivity contribution < 1.29 is 29.1 Å². The van der Waals surface area contributed by atoms with Gasteiger partial charge in [0.25, 0.3) is 0 Å². The summed E-state index contributed by atoms with van der Waals surface area (Å²) in [6.07, 6.45) is 2.84. The summed E-state index contributed by atoms with van der Waals surface area (Å²) in [5.74, 6) is -4.39. The highest BCUT2D eigenvalue weighted by atomic mass is 16.4. The molecular formula is C24H35N7O6. The lowest BCUT2D eigenvalue weighted by molar-refractivity contribution is -0.143.